The van der Waals surface area contributed by atoms with Gasteiger partial charge in [-0.3, -0.25) is 0 Å². The van der Waals surface area contributed by atoms with Crippen LogP contribution < -0.4 is 22.5 Å². The van der Waals surface area contributed by atoms with E-state index in [1.54, 1.807) is 6.42 Å². The molecule has 0 aliphatic heterocycles. The average molecular weight is 739 g/mol. The van der Waals surface area contributed by atoms with Crippen LogP contribution >= 0.6 is 0 Å². The van der Waals surface area contributed by atoms with E-state index < -0.39 is 0 Å². The van der Waals surface area contributed by atoms with Crippen LogP contribution in [0.2, 0.25) is 0 Å². The van der Waals surface area contributed by atoms with Crippen LogP contribution in [0.4, 0.5) is 0 Å². The Morgan fingerprint density at radius 3 is 1.06 bits per heavy atom. The highest BCUT2D eigenvalue weighted by Crippen LogP contribution is 2.42. The van der Waals surface area contributed by atoms with Crippen LogP contribution in [0.3, 0.4) is 0 Å². The van der Waals surface area contributed by atoms with Gasteiger partial charge in [-0.05, 0) is 207 Å². The van der Waals surface area contributed by atoms with Crippen molar-refractivity contribution in [3.05, 3.63) is 0 Å². The Morgan fingerprint density at radius 2 is 0.660 bits per heavy atom. The van der Waals surface area contributed by atoms with E-state index in [-0.39, 0.29) is 7.43 Å². The fraction of sp³-hybridized carbons (Fsp3) is 1.00. The molecule has 0 saturated heterocycles. The van der Waals surface area contributed by atoms with Gasteiger partial charge >= 0.3 is 0 Å². The molecule has 4 heteroatoms. The molecule has 7 rings (SSSR count). The minimum Gasteiger partial charge on any atom is -0.328 e. The molecule has 4 nitrogen and oxygen atoms in total. The van der Waals surface area contributed by atoms with Crippen LogP contribution in [0.15, 0.2) is 0 Å². The van der Waals surface area contributed by atoms with Crippen LogP contribution in [0, 0.1) is 59.2 Å². The highest BCUT2D eigenvalue weighted by atomic mass is 15.0. The minimum atomic E-state index is 0. The second kappa shape index (κ2) is 22.7. The van der Waals surface area contributed by atoms with Gasteiger partial charge in [0.25, 0.3) is 0 Å². The van der Waals surface area contributed by atoms with Gasteiger partial charge in [0.2, 0.25) is 0 Å². The average Bonchev–Trinajstić information content (AvgIpc) is 3.15. The second-order valence-electron chi connectivity index (χ2n) is 21.5. The zero-order chi connectivity index (χ0) is 36.3. The summed E-state index contributed by atoms with van der Waals surface area (Å²) in [5, 5.41) is 4.10. The van der Waals surface area contributed by atoms with Gasteiger partial charge in [0, 0.05) is 30.2 Å². The van der Waals surface area contributed by atoms with E-state index in [4.69, 9.17) is 17.2 Å². The Morgan fingerprint density at radius 1 is 0.358 bits per heavy atom. The molecule has 0 heterocycles. The summed E-state index contributed by atoms with van der Waals surface area (Å²) >= 11 is 0. The zero-order valence-electron chi connectivity index (χ0n) is 34.8. The Kier molecular flexibility index (Phi) is 18.8. The first-order valence-electron chi connectivity index (χ1n) is 24.3. The fourth-order valence-electron chi connectivity index (χ4n) is 13.2. The number of nitrogens with two attached hydrogens (primary N) is 3. The highest BCUT2D eigenvalue weighted by molar-refractivity contribution is 4.89. The maximum absolute atomic E-state index is 6.51. The maximum atomic E-state index is 6.51. The number of nitrogens with one attached hydrogen (secondary N) is 1. The van der Waals surface area contributed by atoms with E-state index in [2.05, 4.69) is 19.2 Å². The Hall–Kier alpha value is -0.160. The summed E-state index contributed by atoms with van der Waals surface area (Å²) in [6.45, 7) is 4.88. The van der Waals surface area contributed by atoms with E-state index in [9.17, 15) is 0 Å². The number of hydrogen-bond acceptors (Lipinski definition) is 4. The monoisotopic (exact) mass is 739 g/mol. The Labute approximate surface area is 331 Å². The summed E-state index contributed by atoms with van der Waals surface area (Å²) in [6, 6.07) is 3.13. The lowest BCUT2D eigenvalue weighted by Crippen LogP contribution is -2.42. The largest absolute Gasteiger partial charge is 0.328 e. The topological polar surface area (TPSA) is 90.1 Å². The first-order chi connectivity index (χ1) is 25.2. The lowest BCUT2D eigenvalue weighted by atomic mass is 9.68. The van der Waals surface area contributed by atoms with Crippen molar-refractivity contribution in [1.82, 2.24) is 5.32 Å². The third-order valence-corrected chi connectivity index (χ3v) is 17.0. The van der Waals surface area contributed by atoms with Gasteiger partial charge in [0.05, 0.1) is 0 Å². The van der Waals surface area contributed by atoms with Crippen LogP contribution in [-0.2, 0) is 0 Å². The first kappa shape index (κ1) is 44.0. The minimum absolute atomic E-state index is 0. The van der Waals surface area contributed by atoms with E-state index in [0.29, 0.717) is 18.1 Å². The molecule has 7 fully saturated rings. The molecule has 0 amide bonds. The Balaban J connectivity index is 0.000000206. The molecule has 0 aromatic rings. The molecule has 3 unspecified atom stereocenters. The van der Waals surface area contributed by atoms with Crippen molar-refractivity contribution in [1.29, 1.82) is 0 Å². The molecule has 7 aliphatic rings. The van der Waals surface area contributed by atoms with Crippen molar-refractivity contribution in [3.63, 3.8) is 0 Å². The third kappa shape index (κ3) is 14.9. The molecular formula is C49H94N4. The van der Waals surface area contributed by atoms with Crippen molar-refractivity contribution < 1.29 is 0 Å². The molecule has 0 aromatic carbocycles. The van der Waals surface area contributed by atoms with E-state index in [1.807, 2.05) is 0 Å². The Bertz CT molecular complexity index is 896. The lowest BCUT2D eigenvalue weighted by molar-refractivity contribution is 0.147. The first-order valence-corrected chi connectivity index (χ1v) is 24.3. The van der Waals surface area contributed by atoms with Gasteiger partial charge < -0.3 is 22.5 Å². The van der Waals surface area contributed by atoms with Crippen LogP contribution in [-0.4, -0.2) is 30.2 Å². The smallest absolute Gasteiger partial charge is 0.00698 e. The van der Waals surface area contributed by atoms with Crippen LogP contribution in [0.25, 0.3) is 0 Å². The molecule has 7 aliphatic carbocycles. The SMILES string of the molecule is C.CC1CCC(CC2CCC(N)C(CC3CCC(N)CC3)C2)CC1.CC1CCC(CC2CCC(NC3CCC(CC4CCC(N)CC4)CC3)CC2)CC1. The van der Waals surface area contributed by atoms with Gasteiger partial charge in [-0.2, -0.15) is 0 Å². The fourth-order valence-corrected chi connectivity index (χ4v) is 13.2. The molecule has 53 heavy (non-hydrogen) atoms. The number of hydrogen-bond donors (Lipinski definition) is 4. The summed E-state index contributed by atoms with van der Waals surface area (Å²) in [5.41, 5.74) is 18.7. The molecule has 310 valence electrons. The van der Waals surface area contributed by atoms with Crippen molar-refractivity contribution in [3.8, 4) is 0 Å². The molecule has 0 bridgehead atoms. The van der Waals surface area contributed by atoms with E-state index in [1.165, 1.54) is 193 Å². The molecule has 7 N–H and O–H groups in total. The summed E-state index contributed by atoms with van der Waals surface area (Å²) in [4.78, 5) is 0. The predicted octanol–water partition coefficient (Wildman–Crippen LogP) is 12.3. The van der Waals surface area contributed by atoms with Crippen molar-refractivity contribution >= 4 is 0 Å². The summed E-state index contributed by atoms with van der Waals surface area (Å²) in [6.07, 6.45) is 44.4. The lowest BCUT2D eigenvalue weighted by Gasteiger charge is -2.39. The normalized spacial score (nSPS) is 44.2. The summed E-state index contributed by atoms with van der Waals surface area (Å²) in [5.74, 6) is 9.83. The van der Waals surface area contributed by atoms with Crippen molar-refractivity contribution in [2.45, 2.75) is 251 Å². The second-order valence-corrected chi connectivity index (χ2v) is 21.5. The van der Waals surface area contributed by atoms with Crippen molar-refractivity contribution in [2.75, 3.05) is 0 Å². The highest BCUT2D eigenvalue weighted by Gasteiger charge is 2.34. The molecule has 0 spiro atoms. The van der Waals surface area contributed by atoms with Gasteiger partial charge in [-0.1, -0.05) is 72.6 Å². The summed E-state index contributed by atoms with van der Waals surface area (Å²) < 4.78 is 0. The van der Waals surface area contributed by atoms with E-state index in [0.717, 1.165) is 71.3 Å². The third-order valence-electron chi connectivity index (χ3n) is 17.0. The molecular weight excluding hydrogens is 645 g/mol. The van der Waals surface area contributed by atoms with Gasteiger partial charge in [-0.15, -0.1) is 0 Å². The quantitative estimate of drug-likeness (QED) is 0.180. The van der Waals surface area contributed by atoms with Gasteiger partial charge in [0.1, 0.15) is 0 Å². The predicted molar refractivity (Wildman–Crippen MR) is 231 cm³/mol. The zero-order valence-corrected chi connectivity index (χ0v) is 34.8. The van der Waals surface area contributed by atoms with Gasteiger partial charge in [-0.25, -0.2) is 0 Å². The standard InChI is InChI=1S/C27H50N2.C21H40N2.CH4/c1-20-2-4-21(5-3-20)18-23-8-14-26(15-9-23)29-27-16-10-24(11-17-27)19-22-6-12-25(28)13-7-22;1-15-2-4-16(5-3-15)12-18-8-11-21(23)19(14-18)13-17-6-9-20(22)10-7-17;/h20-27,29H,2-19,28H2,1H3;15-21H,2-14,22-23H2,1H3;1H4. The molecule has 3 atom stereocenters. The summed E-state index contributed by atoms with van der Waals surface area (Å²) in [7, 11) is 0. The maximum Gasteiger partial charge on any atom is 0.00698 e. The van der Waals surface area contributed by atoms with Crippen molar-refractivity contribution in [2.24, 2.45) is 76.4 Å². The van der Waals surface area contributed by atoms with E-state index >= 15 is 0 Å². The molecule has 7 saturated carbocycles. The van der Waals surface area contributed by atoms with Gasteiger partial charge in [0.15, 0.2) is 0 Å². The molecule has 0 radical (unpaired) electrons. The van der Waals surface area contributed by atoms with Crippen LogP contribution in [0.1, 0.15) is 220 Å². The van der Waals surface area contributed by atoms with Crippen LogP contribution in [0.5, 0.6) is 0 Å². The molecule has 0 aromatic heterocycles. The number of rotatable bonds is 10.